The molecule has 0 aromatic heterocycles. The van der Waals surface area contributed by atoms with Gasteiger partial charge in [-0.15, -0.1) is 11.8 Å². The second kappa shape index (κ2) is 6.77. The van der Waals surface area contributed by atoms with Crippen LogP contribution in [-0.4, -0.2) is 34.2 Å². The molecular formula is C17H23N3OS2. The maximum Gasteiger partial charge on any atom is 0.245 e. The lowest BCUT2D eigenvalue weighted by Gasteiger charge is -2.11. The zero-order chi connectivity index (χ0) is 16.6. The molecule has 1 amide bonds. The number of carbonyl (C=O) groups is 1. The molecule has 2 heterocycles. The molecule has 6 heteroatoms. The van der Waals surface area contributed by atoms with E-state index in [1.54, 1.807) is 23.5 Å². The van der Waals surface area contributed by atoms with Crippen LogP contribution in [0.4, 0.5) is 5.69 Å². The third kappa shape index (κ3) is 3.69. The summed E-state index contributed by atoms with van der Waals surface area (Å²) in [5.74, 6) is 1.30. The molecule has 0 fully saturated rings. The van der Waals surface area contributed by atoms with Crippen LogP contribution < -0.4 is 10.6 Å². The molecule has 2 N–H and O–H groups in total. The molecule has 1 aromatic rings. The van der Waals surface area contributed by atoms with Crippen molar-refractivity contribution >= 4 is 40.2 Å². The number of hydrogen-bond donors (Lipinski definition) is 2. The largest absolute Gasteiger partial charge is 0.367 e. The molecule has 2 aliphatic rings. The van der Waals surface area contributed by atoms with Gasteiger partial charge in [0.15, 0.2) is 0 Å². The predicted octanol–water partition coefficient (Wildman–Crippen LogP) is 3.69. The lowest BCUT2D eigenvalue weighted by molar-refractivity contribution is -0.122. The summed E-state index contributed by atoms with van der Waals surface area (Å²) >= 11 is 3.49. The molecule has 0 radical (unpaired) electrons. The SMILES string of the molecule is CC(C)NC(=O)C1CSC(C2Nc3ccc(C(C)C)cc3S2)=N1. The van der Waals surface area contributed by atoms with Crippen LogP contribution >= 0.6 is 23.5 Å². The van der Waals surface area contributed by atoms with Gasteiger partial charge in [-0.1, -0.05) is 31.7 Å². The smallest absolute Gasteiger partial charge is 0.245 e. The van der Waals surface area contributed by atoms with Crippen molar-refractivity contribution in [2.75, 3.05) is 11.1 Å². The van der Waals surface area contributed by atoms with E-state index in [1.165, 1.54) is 16.1 Å². The second-order valence-corrected chi connectivity index (χ2v) is 8.70. The molecule has 0 saturated heterocycles. The first-order chi connectivity index (χ1) is 10.9. The molecule has 0 aliphatic carbocycles. The van der Waals surface area contributed by atoms with Crippen LogP contribution in [0.5, 0.6) is 0 Å². The fourth-order valence-corrected chi connectivity index (χ4v) is 4.95. The highest BCUT2D eigenvalue weighted by Crippen LogP contribution is 2.42. The van der Waals surface area contributed by atoms with Crippen molar-refractivity contribution in [3.8, 4) is 0 Å². The topological polar surface area (TPSA) is 53.5 Å². The lowest BCUT2D eigenvalue weighted by Crippen LogP contribution is -2.38. The first-order valence-electron chi connectivity index (χ1n) is 8.02. The molecule has 2 unspecified atom stereocenters. The molecule has 2 aliphatic heterocycles. The second-order valence-electron chi connectivity index (χ2n) is 6.51. The standard InChI is InChI=1S/C17H23N3OS2/c1-9(2)11-5-6-12-14(7-11)23-17(19-12)16-20-13(8-22-16)15(21)18-10(3)4/h5-7,9-10,13,17,19H,8H2,1-4H3,(H,18,21). The van der Waals surface area contributed by atoms with Crippen LogP contribution in [0.15, 0.2) is 28.1 Å². The highest BCUT2D eigenvalue weighted by molar-refractivity contribution is 8.16. The van der Waals surface area contributed by atoms with Gasteiger partial charge in [0.1, 0.15) is 16.5 Å². The number of nitrogens with one attached hydrogen (secondary N) is 2. The van der Waals surface area contributed by atoms with E-state index in [2.05, 4.69) is 47.7 Å². The Kier molecular flexibility index (Phi) is 4.92. The summed E-state index contributed by atoms with van der Waals surface area (Å²) in [5.41, 5.74) is 2.52. The van der Waals surface area contributed by atoms with Crippen LogP contribution in [0.25, 0.3) is 0 Å². The number of hydrogen-bond acceptors (Lipinski definition) is 5. The van der Waals surface area contributed by atoms with E-state index >= 15 is 0 Å². The van der Waals surface area contributed by atoms with Crippen molar-refractivity contribution in [3.05, 3.63) is 23.8 Å². The van der Waals surface area contributed by atoms with Crippen LogP contribution in [0.1, 0.15) is 39.2 Å². The van der Waals surface area contributed by atoms with Gasteiger partial charge in [0.05, 0.1) is 0 Å². The Morgan fingerprint density at radius 3 is 2.83 bits per heavy atom. The number of fused-ring (bicyclic) bond motifs is 1. The number of carbonyl (C=O) groups excluding carboxylic acids is 1. The summed E-state index contributed by atoms with van der Waals surface area (Å²) in [6.45, 7) is 8.37. The molecule has 0 spiro atoms. The maximum atomic E-state index is 12.1. The normalized spacial score (nSPS) is 23.0. The number of rotatable bonds is 4. The summed E-state index contributed by atoms with van der Waals surface area (Å²) in [6.07, 6.45) is 0. The van der Waals surface area contributed by atoms with E-state index in [0.717, 1.165) is 10.8 Å². The third-order valence-electron chi connectivity index (χ3n) is 3.83. The summed E-state index contributed by atoms with van der Waals surface area (Å²) in [4.78, 5) is 18.0. The minimum atomic E-state index is -0.255. The van der Waals surface area contributed by atoms with E-state index < -0.39 is 0 Å². The van der Waals surface area contributed by atoms with Crippen LogP contribution in [0.2, 0.25) is 0 Å². The van der Waals surface area contributed by atoms with Gasteiger partial charge in [-0.25, -0.2) is 0 Å². The first kappa shape index (κ1) is 16.7. The molecule has 124 valence electrons. The van der Waals surface area contributed by atoms with Gasteiger partial charge >= 0.3 is 0 Å². The van der Waals surface area contributed by atoms with Crippen molar-refractivity contribution in [1.82, 2.24) is 5.32 Å². The Balaban J connectivity index is 1.69. The van der Waals surface area contributed by atoms with Gasteiger partial charge < -0.3 is 10.6 Å². The van der Waals surface area contributed by atoms with Gasteiger partial charge in [0.25, 0.3) is 0 Å². The molecule has 23 heavy (non-hydrogen) atoms. The fourth-order valence-electron chi connectivity index (χ4n) is 2.58. The van der Waals surface area contributed by atoms with Gasteiger partial charge in [-0.05, 0) is 37.5 Å². The van der Waals surface area contributed by atoms with E-state index in [4.69, 9.17) is 0 Å². The Hall–Kier alpha value is -1.14. The van der Waals surface area contributed by atoms with Crippen molar-refractivity contribution < 1.29 is 4.79 Å². The highest BCUT2D eigenvalue weighted by Gasteiger charge is 2.33. The Morgan fingerprint density at radius 1 is 1.35 bits per heavy atom. The zero-order valence-corrected chi connectivity index (χ0v) is 15.6. The lowest BCUT2D eigenvalue weighted by atomic mass is 10.0. The van der Waals surface area contributed by atoms with Crippen LogP contribution in [-0.2, 0) is 4.79 Å². The summed E-state index contributed by atoms with van der Waals surface area (Å²) in [5, 5.41) is 7.63. The van der Waals surface area contributed by atoms with Crippen molar-refractivity contribution in [2.24, 2.45) is 4.99 Å². The quantitative estimate of drug-likeness (QED) is 0.870. The Morgan fingerprint density at radius 2 is 2.13 bits per heavy atom. The fraction of sp³-hybridized carbons (Fsp3) is 0.529. The highest BCUT2D eigenvalue weighted by atomic mass is 32.2. The summed E-state index contributed by atoms with van der Waals surface area (Å²) < 4.78 is 0. The number of aliphatic imine (C=N–C) groups is 1. The van der Waals surface area contributed by atoms with Crippen molar-refractivity contribution in [2.45, 2.75) is 56.0 Å². The summed E-state index contributed by atoms with van der Waals surface area (Å²) in [6, 6.07) is 6.50. The van der Waals surface area contributed by atoms with E-state index in [0.29, 0.717) is 5.92 Å². The maximum absolute atomic E-state index is 12.1. The molecule has 3 rings (SSSR count). The van der Waals surface area contributed by atoms with Gasteiger partial charge in [-0.2, -0.15) is 0 Å². The average Bonchev–Trinajstić information content (AvgIpc) is 3.12. The molecule has 0 saturated carbocycles. The average molecular weight is 350 g/mol. The van der Waals surface area contributed by atoms with Gasteiger partial charge in [0.2, 0.25) is 5.91 Å². The molecule has 1 aromatic carbocycles. The Labute approximate surface area is 146 Å². The third-order valence-corrected chi connectivity index (χ3v) is 6.27. The summed E-state index contributed by atoms with van der Waals surface area (Å²) in [7, 11) is 0. The molecule has 0 bridgehead atoms. The number of nitrogens with zero attached hydrogens (tertiary/aromatic N) is 1. The number of amides is 1. The molecule has 4 nitrogen and oxygen atoms in total. The van der Waals surface area contributed by atoms with Gasteiger partial charge in [-0.3, -0.25) is 9.79 Å². The van der Waals surface area contributed by atoms with Gasteiger partial charge in [0, 0.05) is 22.4 Å². The minimum Gasteiger partial charge on any atom is -0.367 e. The monoisotopic (exact) mass is 349 g/mol. The zero-order valence-electron chi connectivity index (χ0n) is 13.9. The molecule has 2 atom stereocenters. The van der Waals surface area contributed by atoms with E-state index in [1.807, 2.05) is 13.8 Å². The molecular weight excluding hydrogens is 326 g/mol. The van der Waals surface area contributed by atoms with Crippen molar-refractivity contribution in [1.29, 1.82) is 0 Å². The van der Waals surface area contributed by atoms with E-state index in [-0.39, 0.29) is 23.4 Å². The number of benzene rings is 1. The first-order valence-corrected chi connectivity index (χ1v) is 9.88. The number of thioether (sulfide) groups is 2. The van der Waals surface area contributed by atoms with Crippen LogP contribution in [0, 0.1) is 0 Å². The predicted molar refractivity (Wildman–Crippen MR) is 101 cm³/mol. The van der Waals surface area contributed by atoms with Crippen molar-refractivity contribution in [3.63, 3.8) is 0 Å². The van der Waals surface area contributed by atoms with E-state index in [9.17, 15) is 4.79 Å². The Bertz CT molecular complexity index is 643. The minimum absolute atomic E-state index is 0.0325. The number of anilines is 1. The van der Waals surface area contributed by atoms with Crippen LogP contribution in [0.3, 0.4) is 0 Å².